The summed E-state index contributed by atoms with van der Waals surface area (Å²) in [7, 11) is -3.44. The summed E-state index contributed by atoms with van der Waals surface area (Å²) in [5.74, 6) is 0.0470. The number of hydrogen-bond donors (Lipinski definition) is 0. The van der Waals surface area contributed by atoms with Crippen molar-refractivity contribution in [2.24, 2.45) is 0 Å². The summed E-state index contributed by atoms with van der Waals surface area (Å²) < 4.78 is 26.0. The maximum atomic E-state index is 12.4. The summed E-state index contributed by atoms with van der Waals surface area (Å²) in [6.07, 6.45) is 4.67. The lowest BCUT2D eigenvalue weighted by Crippen LogP contribution is -2.39. The lowest BCUT2D eigenvalue weighted by molar-refractivity contribution is -0.131. The van der Waals surface area contributed by atoms with Gasteiger partial charge in [-0.3, -0.25) is 9.10 Å². The molecule has 0 bridgehead atoms. The lowest BCUT2D eigenvalue weighted by atomic mass is 10.0. The molecule has 0 spiro atoms. The Labute approximate surface area is 145 Å². The fraction of sp³-hybridized carbons (Fsp3) is 0.611. The Morgan fingerprint density at radius 2 is 1.62 bits per heavy atom. The molecule has 0 unspecified atom stereocenters. The Kier molecular flexibility index (Phi) is 5.91. The van der Waals surface area contributed by atoms with Gasteiger partial charge in [0, 0.05) is 26.1 Å². The van der Waals surface area contributed by atoms with Crippen LogP contribution in [0.25, 0.3) is 0 Å². The van der Waals surface area contributed by atoms with E-state index < -0.39 is 10.0 Å². The molecule has 0 radical (unpaired) electrons. The van der Waals surface area contributed by atoms with Gasteiger partial charge in [-0.05, 0) is 51.2 Å². The molecule has 0 aliphatic carbocycles. The molecule has 1 aliphatic heterocycles. The molecule has 2 rings (SSSR count). The topological polar surface area (TPSA) is 57.7 Å². The van der Waals surface area contributed by atoms with E-state index in [2.05, 4.69) is 0 Å². The number of likely N-dealkylation sites (tertiary alicyclic amines) is 1. The zero-order valence-corrected chi connectivity index (χ0v) is 15.9. The van der Waals surface area contributed by atoms with E-state index in [-0.39, 0.29) is 18.9 Å². The van der Waals surface area contributed by atoms with E-state index in [9.17, 15) is 13.2 Å². The van der Waals surface area contributed by atoms with E-state index in [0.29, 0.717) is 5.69 Å². The van der Waals surface area contributed by atoms with Crippen molar-refractivity contribution in [1.29, 1.82) is 0 Å². The minimum Gasteiger partial charge on any atom is -0.343 e. The lowest BCUT2D eigenvalue weighted by Gasteiger charge is -2.29. The summed E-state index contributed by atoms with van der Waals surface area (Å²) in [6, 6.07) is 3.96. The van der Waals surface area contributed by atoms with Crippen LogP contribution in [-0.2, 0) is 14.8 Å². The molecule has 24 heavy (non-hydrogen) atoms. The van der Waals surface area contributed by atoms with E-state index in [1.165, 1.54) is 17.0 Å². The first-order valence-corrected chi connectivity index (χ1v) is 10.4. The highest BCUT2D eigenvalue weighted by Gasteiger charge is 2.24. The zero-order valence-electron chi connectivity index (χ0n) is 15.1. The van der Waals surface area contributed by atoms with Crippen molar-refractivity contribution in [3.05, 3.63) is 28.8 Å². The molecule has 0 atom stereocenters. The van der Waals surface area contributed by atoms with Crippen molar-refractivity contribution in [3.63, 3.8) is 0 Å². The van der Waals surface area contributed by atoms with Crippen molar-refractivity contribution in [1.82, 2.24) is 4.90 Å². The van der Waals surface area contributed by atoms with Crippen LogP contribution in [0.5, 0.6) is 0 Å². The maximum absolute atomic E-state index is 12.4. The molecule has 0 N–H and O–H groups in total. The minimum atomic E-state index is -3.44. The van der Waals surface area contributed by atoms with Crippen molar-refractivity contribution in [3.8, 4) is 0 Å². The highest BCUT2D eigenvalue weighted by atomic mass is 32.2. The first-order valence-electron chi connectivity index (χ1n) is 8.53. The number of rotatable bonds is 5. The van der Waals surface area contributed by atoms with Crippen molar-refractivity contribution < 1.29 is 13.2 Å². The van der Waals surface area contributed by atoms with Gasteiger partial charge in [-0.15, -0.1) is 0 Å². The van der Waals surface area contributed by atoms with E-state index in [4.69, 9.17) is 0 Å². The predicted octanol–water partition coefficient (Wildman–Crippen LogP) is 2.78. The van der Waals surface area contributed by atoms with Gasteiger partial charge >= 0.3 is 0 Å². The van der Waals surface area contributed by atoms with Crippen LogP contribution in [0.2, 0.25) is 0 Å². The Morgan fingerprint density at radius 3 is 2.12 bits per heavy atom. The number of nitrogens with zero attached hydrogens (tertiary/aromatic N) is 2. The molecule has 1 amide bonds. The van der Waals surface area contributed by atoms with Gasteiger partial charge < -0.3 is 4.90 Å². The average Bonchev–Trinajstić information content (AvgIpc) is 2.49. The summed E-state index contributed by atoms with van der Waals surface area (Å²) in [4.78, 5) is 14.2. The second kappa shape index (κ2) is 7.55. The molecule has 6 heteroatoms. The molecule has 1 aromatic rings. The monoisotopic (exact) mass is 352 g/mol. The van der Waals surface area contributed by atoms with E-state index in [1.54, 1.807) is 0 Å². The summed E-state index contributed by atoms with van der Waals surface area (Å²) in [5.41, 5.74) is 3.65. The number of carbonyl (C=O) groups is 1. The van der Waals surface area contributed by atoms with Crippen LogP contribution in [-0.4, -0.2) is 45.1 Å². The normalized spacial score (nSPS) is 15.4. The molecular weight excluding hydrogens is 324 g/mol. The Morgan fingerprint density at radius 1 is 1.08 bits per heavy atom. The molecule has 1 fully saturated rings. The van der Waals surface area contributed by atoms with Crippen LogP contribution >= 0.6 is 0 Å². The molecule has 0 aromatic heterocycles. The van der Waals surface area contributed by atoms with Gasteiger partial charge in [-0.25, -0.2) is 8.42 Å². The van der Waals surface area contributed by atoms with E-state index >= 15 is 0 Å². The molecule has 0 saturated carbocycles. The van der Waals surface area contributed by atoms with Crippen LogP contribution in [0.4, 0.5) is 5.69 Å². The number of sulfonamides is 1. The molecular formula is C18H28N2O3S. The minimum absolute atomic E-state index is 0.0470. The van der Waals surface area contributed by atoms with Crippen LogP contribution in [0.15, 0.2) is 12.1 Å². The standard InChI is InChI=1S/C18H28N2O3S/c1-14-12-15(2)18(16(3)13-14)20(24(4,22)23)11-8-17(21)19-9-6-5-7-10-19/h12-13H,5-11H2,1-4H3. The number of aryl methyl sites for hydroxylation is 3. The Balaban J connectivity index is 2.20. The molecule has 134 valence electrons. The second-order valence-electron chi connectivity index (χ2n) is 6.77. The predicted molar refractivity (Wildman–Crippen MR) is 97.9 cm³/mol. The number of benzene rings is 1. The third kappa shape index (κ3) is 4.50. The van der Waals surface area contributed by atoms with Crippen LogP contribution in [0.3, 0.4) is 0 Å². The fourth-order valence-corrected chi connectivity index (χ4v) is 4.55. The quantitative estimate of drug-likeness (QED) is 0.819. The van der Waals surface area contributed by atoms with Crippen molar-refractivity contribution in [2.45, 2.75) is 46.5 Å². The SMILES string of the molecule is Cc1cc(C)c(N(CCC(=O)N2CCCCC2)S(C)(=O)=O)c(C)c1. The first kappa shape index (κ1) is 18.8. The van der Waals surface area contributed by atoms with Crippen LogP contribution in [0, 0.1) is 20.8 Å². The van der Waals surface area contributed by atoms with Gasteiger partial charge in [0.1, 0.15) is 0 Å². The van der Waals surface area contributed by atoms with Gasteiger partial charge in [0.2, 0.25) is 15.9 Å². The van der Waals surface area contributed by atoms with Gasteiger partial charge in [0.25, 0.3) is 0 Å². The Hall–Kier alpha value is -1.56. The van der Waals surface area contributed by atoms with Crippen molar-refractivity contribution in [2.75, 3.05) is 30.2 Å². The molecule has 1 saturated heterocycles. The summed E-state index contributed by atoms with van der Waals surface area (Å²) >= 11 is 0. The largest absolute Gasteiger partial charge is 0.343 e. The number of hydrogen-bond acceptors (Lipinski definition) is 3. The van der Waals surface area contributed by atoms with Crippen molar-refractivity contribution >= 4 is 21.6 Å². The van der Waals surface area contributed by atoms with Gasteiger partial charge in [-0.2, -0.15) is 0 Å². The molecule has 1 aliphatic rings. The number of carbonyl (C=O) groups excluding carboxylic acids is 1. The summed E-state index contributed by atoms with van der Waals surface area (Å²) in [5, 5.41) is 0. The number of piperidine rings is 1. The number of anilines is 1. The van der Waals surface area contributed by atoms with Gasteiger partial charge in [-0.1, -0.05) is 17.7 Å². The smallest absolute Gasteiger partial charge is 0.232 e. The average molecular weight is 353 g/mol. The molecule has 1 aromatic carbocycles. The maximum Gasteiger partial charge on any atom is 0.232 e. The highest BCUT2D eigenvalue weighted by molar-refractivity contribution is 7.92. The third-order valence-corrected chi connectivity index (χ3v) is 5.69. The zero-order chi connectivity index (χ0) is 17.9. The van der Waals surface area contributed by atoms with Crippen LogP contribution in [0.1, 0.15) is 42.4 Å². The fourth-order valence-electron chi connectivity index (χ4n) is 3.51. The van der Waals surface area contributed by atoms with E-state index in [0.717, 1.165) is 42.6 Å². The van der Waals surface area contributed by atoms with E-state index in [1.807, 2.05) is 37.8 Å². The Bertz CT molecular complexity index is 684. The third-order valence-electron chi connectivity index (χ3n) is 4.52. The van der Waals surface area contributed by atoms with Crippen LogP contribution < -0.4 is 4.31 Å². The second-order valence-corrected chi connectivity index (χ2v) is 8.68. The van der Waals surface area contributed by atoms with Gasteiger partial charge in [0.05, 0.1) is 11.9 Å². The van der Waals surface area contributed by atoms with Gasteiger partial charge in [0.15, 0.2) is 0 Å². The molecule has 5 nitrogen and oxygen atoms in total. The summed E-state index contributed by atoms with van der Waals surface area (Å²) in [6.45, 7) is 7.61. The number of amides is 1. The highest BCUT2D eigenvalue weighted by Crippen LogP contribution is 2.28. The molecule has 1 heterocycles. The first-order chi connectivity index (χ1) is 11.2.